The zero-order chi connectivity index (χ0) is 15.3. The van der Waals surface area contributed by atoms with E-state index in [0.29, 0.717) is 21.7 Å². The van der Waals surface area contributed by atoms with Gasteiger partial charge in [-0.1, -0.05) is 5.16 Å². The number of aromatic amines is 1. The van der Waals surface area contributed by atoms with Crippen LogP contribution in [0.15, 0.2) is 16.7 Å². The first-order chi connectivity index (χ1) is 9.91. The van der Waals surface area contributed by atoms with Crippen molar-refractivity contribution in [2.75, 3.05) is 0 Å². The topological polar surface area (TPSA) is 46.8 Å². The van der Waals surface area contributed by atoms with Crippen molar-refractivity contribution in [2.45, 2.75) is 26.8 Å². The molecule has 3 aromatic rings. The van der Waals surface area contributed by atoms with E-state index < -0.39 is 11.6 Å². The van der Waals surface area contributed by atoms with Gasteiger partial charge in [0.2, 0.25) is 0 Å². The van der Waals surface area contributed by atoms with Gasteiger partial charge in [-0.15, -0.1) is 0 Å². The molecule has 0 aliphatic heterocycles. The van der Waals surface area contributed by atoms with Gasteiger partial charge in [-0.05, 0) is 45.1 Å². The Hall–Kier alpha value is -2.02. The fourth-order valence-corrected chi connectivity index (χ4v) is 3.10. The maximum Gasteiger partial charge on any atom is 0.184 e. The summed E-state index contributed by atoms with van der Waals surface area (Å²) in [6.07, 6.45) is 0. The number of H-pyrrole nitrogens is 1. The number of halogens is 2. The first-order valence-electron chi connectivity index (χ1n) is 6.42. The molecule has 0 bridgehead atoms. The lowest BCUT2D eigenvalue weighted by Gasteiger charge is -2.15. The van der Waals surface area contributed by atoms with Crippen LogP contribution in [0.1, 0.15) is 30.0 Å². The van der Waals surface area contributed by atoms with Crippen molar-refractivity contribution in [3.8, 4) is 0 Å². The van der Waals surface area contributed by atoms with E-state index in [1.54, 1.807) is 18.4 Å². The average molecular weight is 309 g/mol. The molecular weight excluding hydrogens is 296 g/mol. The van der Waals surface area contributed by atoms with Gasteiger partial charge in [0.05, 0.1) is 17.3 Å². The van der Waals surface area contributed by atoms with Gasteiger partial charge in [0.15, 0.2) is 16.4 Å². The second kappa shape index (κ2) is 4.77. The van der Waals surface area contributed by atoms with Crippen LogP contribution in [0.2, 0.25) is 0 Å². The van der Waals surface area contributed by atoms with Gasteiger partial charge < -0.3 is 14.1 Å². The minimum absolute atomic E-state index is 0.118. The summed E-state index contributed by atoms with van der Waals surface area (Å²) in [5.41, 5.74) is 2.09. The van der Waals surface area contributed by atoms with Crippen molar-refractivity contribution in [3.63, 3.8) is 0 Å². The van der Waals surface area contributed by atoms with Gasteiger partial charge in [0.1, 0.15) is 11.3 Å². The van der Waals surface area contributed by atoms with Crippen LogP contribution in [-0.2, 0) is 0 Å². The Morgan fingerprint density at radius 3 is 2.67 bits per heavy atom. The van der Waals surface area contributed by atoms with E-state index in [9.17, 15) is 8.78 Å². The molecule has 0 amide bonds. The van der Waals surface area contributed by atoms with Crippen LogP contribution in [-0.4, -0.2) is 14.7 Å². The van der Waals surface area contributed by atoms with Gasteiger partial charge >= 0.3 is 0 Å². The summed E-state index contributed by atoms with van der Waals surface area (Å²) in [5, 5.41) is 3.90. The molecule has 1 atom stereocenters. The Morgan fingerprint density at radius 2 is 2.05 bits per heavy atom. The fraction of sp³-hybridized carbons (Fsp3) is 0.286. The Labute approximate surface area is 124 Å². The largest absolute Gasteiger partial charge is 0.361 e. The monoisotopic (exact) mass is 309 g/mol. The van der Waals surface area contributed by atoms with Crippen LogP contribution in [0.25, 0.3) is 11.0 Å². The Morgan fingerprint density at radius 1 is 1.33 bits per heavy atom. The van der Waals surface area contributed by atoms with Gasteiger partial charge in [0.25, 0.3) is 0 Å². The molecule has 3 rings (SSSR count). The first-order valence-corrected chi connectivity index (χ1v) is 6.83. The molecule has 1 aromatic carbocycles. The number of hydrogen-bond acceptors (Lipinski definition) is 3. The standard InChI is InChI=1S/C14H13F2N3OS/c1-6-11(8(3)20-18-6)7(2)19-13-10(17-14(19)21)5-4-9(15)12(13)16/h4-5,7H,1-3H3,(H,17,21). The highest BCUT2D eigenvalue weighted by Gasteiger charge is 2.23. The zero-order valence-electron chi connectivity index (χ0n) is 11.7. The van der Waals surface area contributed by atoms with E-state index in [1.807, 2.05) is 6.92 Å². The molecule has 1 unspecified atom stereocenters. The van der Waals surface area contributed by atoms with Crippen molar-refractivity contribution in [3.05, 3.63) is 45.6 Å². The number of nitrogens with one attached hydrogen (secondary N) is 1. The predicted molar refractivity (Wildman–Crippen MR) is 76.8 cm³/mol. The molecule has 21 heavy (non-hydrogen) atoms. The molecule has 4 nitrogen and oxygen atoms in total. The molecule has 0 saturated heterocycles. The minimum Gasteiger partial charge on any atom is -0.361 e. The number of rotatable bonds is 2. The molecule has 0 aliphatic carbocycles. The Bertz CT molecular complexity index is 874. The SMILES string of the molecule is Cc1noc(C)c1C(C)n1c(=S)[nH]c2ccc(F)c(F)c21. The maximum atomic E-state index is 14.2. The number of nitrogens with zero attached hydrogens (tertiary/aromatic N) is 2. The smallest absolute Gasteiger partial charge is 0.184 e. The Balaban J connectivity index is 2.32. The van der Waals surface area contributed by atoms with Crippen molar-refractivity contribution in [2.24, 2.45) is 0 Å². The van der Waals surface area contributed by atoms with Crippen LogP contribution >= 0.6 is 12.2 Å². The number of fused-ring (bicyclic) bond motifs is 1. The molecule has 0 spiro atoms. The maximum absolute atomic E-state index is 14.2. The molecule has 2 aromatic heterocycles. The van der Waals surface area contributed by atoms with Crippen LogP contribution in [0, 0.1) is 30.3 Å². The number of hydrogen-bond donors (Lipinski definition) is 1. The highest BCUT2D eigenvalue weighted by Crippen LogP contribution is 2.30. The second-order valence-electron chi connectivity index (χ2n) is 4.97. The van der Waals surface area contributed by atoms with Crippen LogP contribution < -0.4 is 0 Å². The van der Waals surface area contributed by atoms with Crippen molar-refractivity contribution < 1.29 is 13.3 Å². The summed E-state index contributed by atoms with van der Waals surface area (Å²) in [6, 6.07) is 2.22. The summed E-state index contributed by atoms with van der Waals surface area (Å²) in [6.45, 7) is 5.43. The third kappa shape index (κ3) is 1.99. The normalized spacial score (nSPS) is 13.0. The van der Waals surface area contributed by atoms with Crippen LogP contribution in [0.3, 0.4) is 0 Å². The molecule has 0 aliphatic rings. The molecule has 2 heterocycles. The highest BCUT2D eigenvalue weighted by molar-refractivity contribution is 7.71. The molecule has 7 heteroatoms. The van der Waals surface area contributed by atoms with Gasteiger partial charge in [-0.25, -0.2) is 8.78 Å². The predicted octanol–water partition coefficient (Wildman–Crippen LogP) is 4.19. The highest BCUT2D eigenvalue weighted by atomic mass is 32.1. The van der Waals surface area contributed by atoms with Gasteiger partial charge in [-0.2, -0.15) is 0 Å². The summed E-state index contributed by atoms with van der Waals surface area (Å²) >= 11 is 5.26. The molecular formula is C14H13F2N3OS. The first kappa shape index (κ1) is 13.9. The van der Waals surface area contributed by atoms with E-state index in [2.05, 4.69) is 10.1 Å². The van der Waals surface area contributed by atoms with E-state index in [-0.39, 0.29) is 11.6 Å². The third-order valence-corrected chi connectivity index (χ3v) is 3.96. The lowest BCUT2D eigenvalue weighted by molar-refractivity contribution is 0.391. The van der Waals surface area contributed by atoms with Gasteiger partial charge in [0, 0.05) is 5.56 Å². The van der Waals surface area contributed by atoms with E-state index in [0.717, 1.165) is 11.6 Å². The molecule has 0 saturated carbocycles. The third-order valence-electron chi connectivity index (χ3n) is 3.66. The lowest BCUT2D eigenvalue weighted by atomic mass is 10.1. The number of imidazole rings is 1. The summed E-state index contributed by atoms with van der Waals surface area (Å²) in [7, 11) is 0. The molecule has 0 radical (unpaired) electrons. The van der Waals surface area contributed by atoms with Crippen LogP contribution in [0.5, 0.6) is 0 Å². The van der Waals surface area contributed by atoms with Crippen LogP contribution in [0.4, 0.5) is 8.78 Å². The van der Waals surface area contributed by atoms with E-state index in [4.69, 9.17) is 16.7 Å². The second-order valence-corrected chi connectivity index (χ2v) is 5.36. The number of aryl methyl sites for hydroxylation is 2. The van der Waals surface area contributed by atoms with E-state index >= 15 is 0 Å². The quantitative estimate of drug-likeness (QED) is 0.722. The molecule has 1 N–H and O–H groups in total. The summed E-state index contributed by atoms with van der Waals surface area (Å²) < 4.78 is 34.7. The lowest BCUT2D eigenvalue weighted by Crippen LogP contribution is -2.10. The summed E-state index contributed by atoms with van der Waals surface area (Å²) in [5.74, 6) is -1.19. The van der Waals surface area contributed by atoms with E-state index in [1.165, 1.54) is 6.07 Å². The Kier molecular flexibility index (Phi) is 3.16. The molecule has 110 valence electrons. The number of benzene rings is 1. The van der Waals surface area contributed by atoms with Crippen molar-refractivity contribution in [1.82, 2.24) is 14.7 Å². The number of aromatic nitrogens is 3. The zero-order valence-corrected chi connectivity index (χ0v) is 12.5. The fourth-order valence-electron chi connectivity index (χ4n) is 2.74. The van der Waals surface area contributed by atoms with Crippen molar-refractivity contribution in [1.29, 1.82) is 0 Å². The average Bonchev–Trinajstić information content (AvgIpc) is 2.94. The minimum atomic E-state index is -0.918. The van der Waals surface area contributed by atoms with Crippen molar-refractivity contribution >= 4 is 23.3 Å². The summed E-state index contributed by atoms with van der Waals surface area (Å²) in [4.78, 5) is 2.90. The molecule has 0 fully saturated rings. The van der Waals surface area contributed by atoms with Gasteiger partial charge in [-0.3, -0.25) is 0 Å².